The van der Waals surface area contributed by atoms with Gasteiger partial charge in [-0.15, -0.1) is 0 Å². The predicted octanol–water partition coefficient (Wildman–Crippen LogP) is 0.713. The van der Waals surface area contributed by atoms with Crippen molar-refractivity contribution in [2.24, 2.45) is 13.0 Å². The minimum atomic E-state index is -1.70. The number of nitrogens with zero attached hydrogens (tertiary/aromatic N) is 1. The summed E-state index contributed by atoms with van der Waals surface area (Å²) in [6.45, 7) is 3.83. The van der Waals surface area contributed by atoms with Crippen LogP contribution in [-0.2, 0) is 11.8 Å². The van der Waals surface area contributed by atoms with Crippen molar-refractivity contribution in [2.45, 2.75) is 38.3 Å². The first kappa shape index (κ1) is 20.3. The fourth-order valence-electron chi connectivity index (χ4n) is 3.75. The molecule has 1 aliphatic rings. The lowest BCUT2D eigenvalue weighted by Crippen LogP contribution is -2.50. The average molecular weight is 387 g/mol. The molecule has 28 heavy (non-hydrogen) atoms. The summed E-state index contributed by atoms with van der Waals surface area (Å²) >= 11 is 0. The van der Waals surface area contributed by atoms with Crippen LogP contribution in [0.5, 0.6) is 11.8 Å². The lowest BCUT2D eigenvalue weighted by molar-refractivity contribution is -0.123. The van der Waals surface area contributed by atoms with E-state index in [1.54, 1.807) is 0 Å². The molecule has 1 aromatic carbocycles. The van der Waals surface area contributed by atoms with Gasteiger partial charge in [0.2, 0.25) is 5.91 Å². The van der Waals surface area contributed by atoms with Gasteiger partial charge in [-0.25, -0.2) is 0 Å². The monoisotopic (exact) mass is 387 g/mol. The Morgan fingerprint density at radius 3 is 2.36 bits per heavy atom. The number of aromatic nitrogens is 1. The van der Waals surface area contributed by atoms with E-state index in [-0.39, 0.29) is 17.7 Å². The highest BCUT2D eigenvalue weighted by Crippen LogP contribution is 2.48. The van der Waals surface area contributed by atoms with E-state index in [0.29, 0.717) is 17.5 Å². The maximum absolute atomic E-state index is 13.0. The quantitative estimate of drug-likeness (QED) is 0.406. The second-order valence-corrected chi connectivity index (χ2v) is 7.64. The van der Waals surface area contributed by atoms with Crippen LogP contribution in [0.2, 0.25) is 0 Å². The second-order valence-electron chi connectivity index (χ2n) is 7.64. The van der Waals surface area contributed by atoms with Gasteiger partial charge in [-0.1, -0.05) is 44.2 Å². The number of nitrogens with one attached hydrogen (secondary N) is 2. The van der Waals surface area contributed by atoms with E-state index in [4.69, 9.17) is 0 Å². The van der Waals surface area contributed by atoms with Crippen molar-refractivity contribution >= 4 is 13.0 Å². The van der Waals surface area contributed by atoms with Crippen LogP contribution in [0.4, 0.5) is 0 Å². The van der Waals surface area contributed by atoms with Crippen LogP contribution < -0.4 is 10.6 Å². The van der Waals surface area contributed by atoms with Crippen molar-refractivity contribution < 1.29 is 25.1 Å². The summed E-state index contributed by atoms with van der Waals surface area (Å²) in [5.74, 6) is -1.52. The molecule has 0 aliphatic carbocycles. The third-order valence-corrected chi connectivity index (χ3v) is 5.13. The zero-order valence-electron chi connectivity index (χ0n) is 16.1. The minimum absolute atomic E-state index is 0.120. The molecule has 6 N–H and O–H groups in total. The van der Waals surface area contributed by atoms with Gasteiger partial charge in [0, 0.05) is 18.2 Å². The van der Waals surface area contributed by atoms with Crippen molar-refractivity contribution in [3.05, 3.63) is 47.0 Å². The molecule has 3 rings (SSSR count). The van der Waals surface area contributed by atoms with E-state index in [1.807, 2.05) is 44.2 Å². The predicted molar refractivity (Wildman–Crippen MR) is 104 cm³/mol. The van der Waals surface area contributed by atoms with Gasteiger partial charge < -0.3 is 25.6 Å². The van der Waals surface area contributed by atoms with Crippen LogP contribution in [0.25, 0.3) is 0 Å². The first-order valence-electron chi connectivity index (χ1n) is 9.30. The van der Waals surface area contributed by atoms with E-state index in [0.717, 1.165) is 5.56 Å². The van der Waals surface area contributed by atoms with Crippen LogP contribution >= 0.6 is 0 Å². The van der Waals surface area contributed by atoms with Crippen molar-refractivity contribution in [2.75, 3.05) is 0 Å². The molecule has 9 heteroatoms. The maximum atomic E-state index is 13.0. The van der Waals surface area contributed by atoms with Gasteiger partial charge in [-0.05, 0) is 17.9 Å². The largest absolute Gasteiger partial charge is 0.494 e. The van der Waals surface area contributed by atoms with Crippen LogP contribution in [0.1, 0.15) is 49.0 Å². The van der Waals surface area contributed by atoms with E-state index in [9.17, 15) is 25.1 Å². The number of benzene rings is 1. The number of rotatable bonds is 6. The number of hydrogen-bond acceptors (Lipinski definition) is 6. The highest BCUT2D eigenvalue weighted by molar-refractivity contribution is 6.43. The third-order valence-electron chi connectivity index (χ3n) is 5.13. The normalized spacial score (nSPS) is 19.5. The van der Waals surface area contributed by atoms with Crippen LogP contribution in [-0.4, -0.2) is 43.8 Å². The topological polar surface area (TPSA) is 127 Å². The number of carbonyl (C=O) groups is 1. The molecule has 0 radical (unpaired) electrons. The zero-order valence-corrected chi connectivity index (χ0v) is 16.1. The van der Waals surface area contributed by atoms with E-state index >= 15 is 0 Å². The summed E-state index contributed by atoms with van der Waals surface area (Å²) < 4.78 is 1.23. The number of amides is 1. The van der Waals surface area contributed by atoms with Gasteiger partial charge in [0.25, 0.3) is 0 Å². The summed E-state index contributed by atoms with van der Waals surface area (Å²) in [5.41, 5.74) is 1.57. The highest BCUT2D eigenvalue weighted by Gasteiger charge is 2.43. The van der Waals surface area contributed by atoms with Gasteiger partial charge in [0.1, 0.15) is 6.04 Å². The molecule has 3 unspecified atom stereocenters. The van der Waals surface area contributed by atoms with Crippen molar-refractivity contribution in [3.63, 3.8) is 0 Å². The van der Waals surface area contributed by atoms with Gasteiger partial charge in [0.05, 0.1) is 12.0 Å². The molecular weight excluding hydrogens is 361 g/mol. The molecule has 1 aromatic heterocycles. The SMILES string of the molecule is CC(C)CC(NC(=O)C1NC(c2ccccc2)c2c1c(O)n(C)c2O)B(O)O. The highest BCUT2D eigenvalue weighted by atomic mass is 16.4. The molecule has 2 heterocycles. The Morgan fingerprint density at radius 1 is 1.18 bits per heavy atom. The van der Waals surface area contributed by atoms with E-state index < -0.39 is 31.1 Å². The van der Waals surface area contributed by atoms with Crippen LogP contribution in [0.3, 0.4) is 0 Å². The Balaban J connectivity index is 1.95. The smallest absolute Gasteiger partial charge is 0.475 e. The summed E-state index contributed by atoms with van der Waals surface area (Å²) in [6.07, 6.45) is 0.386. The fourth-order valence-corrected chi connectivity index (χ4v) is 3.75. The molecule has 3 atom stereocenters. The lowest BCUT2D eigenvalue weighted by Gasteiger charge is -2.23. The molecule has 0 saturated heterocycles. The first-order chi connectivity index (χ1) is 13.2. The summed E-state index contributed by atoms with van der Waals surface area (Å²) in [4.78, 5) is 13.0. The Kier molecular flexibility index (Phi) is 5.69. The minimum Gasteiger partial charge on any atom is -0.494 e. The standard InChI is InChI=1S/C19H26BN3O5/c1-10(2)9-12(20(27)28)21-17(24)16-14-13(18(25)23(3)19(14)26)15(22-16)11-7-5-4-6-8-11/h4-8,10,12,15-16,22,25-28H,9H2,1-3H3,(H,21,24). The zero-order chi connectivity index (χ0) is 20.6. The third kappa shape index (κ3) is 3.60. The summed E-state index contributed by atoms with van der Waals surface area (Å²) in [7, 11) is -0.186. The molecule has 8 nitrogen and oxygen atoms in total. The Bertz CT molecular complexity index is 853. The van der Waals surface area contributed by atoms with Gasteiger partial charge in [-0.2, -0.15) is 0 Å². The maximum Gasteiger partial charge on any atom is 0.475 e. The van der Waals surface area contributed by atoms with Crippen molar-refractivity contribution in [1.29, 1.82) is 0 Å². The van der Waals surface area contributed by atoms with E-state index in [1.165, 1.54) is 11.6 Å². The molecule has 0 fully saturated rings. The lowest BCUT2D eigenvalue weighted by atomic mass is 9.75. The number of aromatic hydroxyl groups is 2. The molecule has 2 aromatic rings. The van der Waals surface area contributed by atoms with Gasteiger partial charge in [0.15, 0.2) is 11.8 Å². The second kappa shape index (κ2) is 7.87. The Morgan fingerprint density at radius 2 is 1.79 bits per heavy atom. The molecule has 150 valence electrons. The van der Waals surface area contributed by atoms with Crippen LogP contribution in [0, 0.1) is 5.92 Å². The van der Waals surface area contributed by atoms with Crippen LogP contribution in [0.15, 0.2) is 30.3 Å². The fraction of sp³-hybridized carbons (Fsp3) is 0.421. The molecule has 0 saturated carbocycles. The van der Waals surface area contributed by atoms with E-state index in [2.05, 4.69) is 10.6 Å². The molecular formula is C19H26BN3O5. The Labute approximate surface area is 164 Å². The number of fused-ring (bicyclic) bond motifs is 1. The number of carbonyl (C=O) groups excluding carboxylic acids is 1. The molecule has 1 amide bonds. The number of hydrogen-bond donors (Lipinski definition) is 6. The molecule has 0 spiro atoms. The van der Waals surface area contributed by atoms with Crippen molar-refractivity contribution in [3.8, 4) is 11.8 Å². The van der Waals surface area contributed by atoms with Crippen molar-refractivity contribution in [1.82, 2.24) is 15.2 Å². The van der Waals surface area contributed by atoms with Gasteiger partial charge >= 0.3 is 7.12 Å². The average Bonchev–Trinajstić information content (AvgIpc) is 3.15. The first-order valence-corrected chi connectivity index (χ1v) is 9.30. The summed E-state index contributed by atoms with van der Waals surface area (Å²) in [6, 6.07) is 7.87. The molecule has 0 bridgehead atoms. The summed E-state index contributed by atoms with van der Waals surface area (Å²) in [5, 5.41) is 46.0. The van der Waals surface area contributed by atoms with Gasteiger partial charge in [-0.3, -0.25) is 14.7 Å². The molecule has 1 aliphatic heterocycles. The Hall–Kier alpha value is -2.49.